The zero-order valence-electron chi connectivity index (χ0n) is 30.3. The van der Waals surface area contributed by atoms with Gasteiger partial charge in [-0.05, 0) is 77.5 Å². The number of nitrogen functional groups attached to an aromatic ring is 3. The first-order valence-electron chi connectivity index (χ1n) is 16.5. The summed E-state index contributed by atoms with van der Waals surface area (Å²) in [6, 6.07) is 19.8. The van der Waals surface area contributed by atoms with Crippen molar-refractivity contribution in [2.75, 3.05) is 17.2 Å². The second kappa shape index (κ2) is 15.8. The van der Waals surface area contributed by atoms with Gasteiger partial charge >= 0.3 is 0 Å². The average Bonchev–Trinajstić information content (AvgIpc) is 3.18. The van der Waals surface area contributed by atoms with Gasteiger partial charge in [-0.1, -0.05) is 30.3 Å². The Morgan fingerprint density at radius 1 is 0.567 bits per heavy atom. The highest BCUT2D eigenvalue weighted by Gasteiger charge is 2.28. The molecule has 25 heteroatoms. The molecule has 0 aliphatic carbocycles. The third-order valence-electron chi connectivity index (χ3n) is 8.66. The number of nitrogens with zero attached hydrogens (tertiary/aromatic N) is 7. The SMILES string of the molecule is Cc1c(N)cc(S(=O)(=O)O)c(/N=N/c2ccc(-c3ccc(/N=N/c4c(S(=O)(=O)O)cc5cc(S(=O)(=O)O)c(/N=N/c6cccc([N+](=O)[O-])c6)c(N)c5c4O)cc3)cc2)c1N. The number of nitro groups is 1. The van der Waals surface area contributed by atoms with Crippen LogP contribution in [0.3, 0.4) is 0 Å². The van der Waals surface area contributed by atoms with E-state index in [1.54, 1.807) is 43.3 Å². The predicted molar refractivity (Wildman–Crippen MR) is 217 cm³/mol. The second-order valence-electron chi connectivity index (χ2n) is 12.6. The molecule has 0 aliphatic rings. The normalized spacial score (nSPS) is 12.6. The Balaban J connectivity index is 1.33. The number of fused-ring (bicyclic) bond motifs is 1. The molecule has 0 atom stereocenters. The highest BCUT2D eigenvalue weighted by atomic mass is 32.2. The first kappa shape index (κ1) is 42.3. The van der Waals surface area contributed by atoms with Crippen molar-refractivity contribution in [1.82, 2.24) is 0 Å². The van der Waals surface area contributed by atoms with Crippen LogP contribution in [0.4, 0.5) is 56.9 Å². The van der Waals surface area contributed by atoms with Gasteiger partial charge in [0.25, 0.3) is 36.0 Å². The van der Waals surface area contributed by atoms with Gasteiger partial charge in [-0.2, -0.15) is 40.6 Å². The summed E-state index contributed by atoms with van der Waals surface area (Å²) in [4.78, 5) is 7.86. The van der Waals surface area contributed by atoms with Crippen LogP contribution in [0.15, 0.2) is 136 Å². The zero-order valence-corrected chi connectivity index (χ0v) is 32.8. The van der Waals surface area contributed by atoms with E-state index in [2.05, 4.69) is 30.7 Å². The van der Waals surface area contributed by atoms with E-state index in [0.29, 0.717) is 22.8 Å². The van der Waals surface area contributed by atoms with Crippen molar-refractivity contribution in [3.8, 4) is 16.9 Å². The molecule has 0 aromatic heterocycles. The van der Waals surface area contributed by atoms with Crippen molar-refractivity contribution >= 4 is 98.0 Å². The Bertz CT molecular complexity index is 3200. The van der Waals surface area contributed by atoms with Crippen molar-refractivity contribution in [1.29, 1.82) is 0 Å². The maximum atomic E-state index is 12.5. The minimum atomic E-state index is -5.19. The smallest absolute Gasteiger partial charge is 0.296 e. The van der Waals surface area contributed by atoms with E-state index in [4.69, 9.17) is 17.2 Å². The number of anilines is 3. The molecule has 308 valence electrons. The van der Waals surface area contributed by atoms with Crippen LogP contribution in [0, 0.1) is 17.0 Å². The molecule has 0 radical (unpaired) electrons. The fourth-order valence-corrected chi connectivity index (χ4v) is 7.62. The number of non-ortho nitro benzene ring substituents is 1. The van der Waals surface area contributed by atoms with E-state index < -0.39 is 83.5 Å². The van der Waals surface area contributed by atoms with Crippen molar-refractivity contribution in [2.45, 2.75) is 21.6 Å². The van der Waals surface area contributed by atoms with Crippen molar-refractivity contribution in [3.63, 3.8) is 0 Å². The van der Waals surface area contributed by atoms with Crippen LogP contribution in [-0.4, -0.2) is 48.9 Å². The highest BCUT2D eigenvalue weighted by Crippen LogP contribution is 2.48. The monoisotopic (exact) mass is 876 g/mol. The van der Waals surface area contributed by atoms with Gasteiger partial charge in [-0.15, -0.1) is 15.3 Å². The molecule has 0 saturated heterocycles. The quantitative estimate of drug-likeness (QED) is 0.0212. The van der Waals surface area contributed by atoms with Gasteiger partial charge in [-0.25, -0.2) is 0 Å². The van der Waals surface area contributed by atoms with Crippen molar-refractivity contribution in [3.05, 3.63) is 107 Å². The van der Waals surface area contributed by atoms with E-state index in [1.807, 2.05) is 0 Å². The minimum Gasteiger partial charge on any atom is -0.505 e. The molecule has 22 nitrogen and oxygen atoms in total. The third kappa shape index (κ3) is 8.74. The number of azo groups is 3. The summed E-state index contributed by atoms with van der Waals surface area (Å²) in [6.07, 6.45) is 0. The lowest BCUT2D eigenvalue weighted by Crippen LogP contribution is -2.04. The molecule has 6 aromatic rings. The first-order chi connectivity index (χ1) is 28.0. The number of nitrogens with two attached hydrogens (primary N) is 3. The molecule has 0 heterocycles. The number of phenols is 1. The summed E-state index contributed by atoms with van der Waals surface area (Å²) in [5.74, 6) is -0.993. The molecule has 0 spiro atoms. The summed E-state index contributed by atoms with van der Waals surface area (Å²) in [6.45, 7) is 1.55. The Kier molecular flexibility index (Phi) is 11.2. The Hall–Kier alpha value is -7.29. The summed E-state index contributed by atoms with van der Waals surface area (Å²) < 4.78 is 103. The number of benzene rings is 6. The standard InChI is InChI=1S/C35H28N10O12S3/c1-17-25(36)16-28(60(55,56)57)32(30(17)37)42-39-21-9-5-18(6-10-21)19-7-11-22(12-8-19)40-44-34-27(59(52,53)54)14-20-13-26(58(49,50)51)33(31(38)29(20)35(34)46)43-41-23-3-2-4-24(15-23)45(47)48/h2-16,46H,36-38H2,1H3,(H,49,50,51)(H,52,53,54)(H,55,56,57)/b42-39+,43-41+,44-40+. The molecule has 0 saturated carbocycles. The molecule has 6 aromatic carbocycles. The van der Waals surface area contributed by atoms with Gasteiger partial charge in [0.05, 0.1) is 38.7 Å². The molecule has 10 N–H and O–H groups in total. The van der Waals surface area contributed by atoms with Gasteiger partial charge in [0, 0.05) is 17.8 Å². The lowest BCUT2D eigenvalue weighted by molar-refractivity contribution is -0.384. The van der Waals surface area contributed by atoms with Gasteiger partial charge in [0.1, 0.15) is 31.7 Å². The van der Waals surface area contributed by atoms with Crippen LogP contribution in [0.25, 0.3) is 21.9 Å². The first-order valence-corrected chi connectivity index (χ1v) is 20.8. The zero-order chi connectivity index (χ0) is 43.9. The number of aromatic hydroxyl groups is 1. The van der Waals surface area contributed by atoms with Gasteiger partial charge in [0.2, 0.25) is 0 Å². The lowest BCUT2D eigenvalue weighted by atomic mass is 10.0. The lowest BCUT2D eigenvalue weighted by Gasteiger charge is -2.14. The molecule has 0 amide bonds. The maximum absolute atomic E-state index is 12.5. The maximum Gasteiger partial charge on any atom is 0.296 e. The van der Waals surface area contributed by atoms with E-state index in [0.717, 1.165) is 24.3 Å². The Labute approximate surface area is 338 Å². The minimum absolute atomic E-state index is 0.0349. The molecule has 0 aliphatic heterocycles. The molecule has 0 fully saturated rings. The summed E-state index contributed by atoms with van der Waals surface area (Å²) in [5, 5.41) is 45.0. The largest absolute Gasteiger partial charge is 0.505 e. The fraction of sp³-hybridized carbons (Fsp3) is 0.0286. The number of hydrogen-bond donors (Lipinski definition) is 7. The topological polar surface area (TPSA) is 379 Å². The van der Waals surface area contributed by atoms with Gasteiger partial charge in [0.15, 0.2) is 5.75 Å². The van der Waals surface area contributed by atoms with E-state index in [1.165, 1.54) is 24.3 Å². The third-order valence-corrected chi connectivity index (χ3v) is 11.3. The number of rotatable bonds is 11. The van der Waals surface area contributed by atoms with Crippen LogP contribution in [-0.2, 0) is 30.4 Å². The average molecular weight is 877 g/mol. The number of hydrogen-bond acceptors (Lipinski definition) is 18. The van der Waals surface area contributed by atoms with Crippen LogP contribution >= 0.6 is 0 Å². The predicted octanol–water partition coefficient (Wildman–Crippen LogP) is 8.16. The summed E-state index contributed by atoms with van der Waals surface area (Å²) >= 11 is 0. The van der Waals surface area contributed by atoms with Crippen LogP contribution < -0.4 is 17.2 Å². The van der Waals surface area contributed by atoms with Crippen molar-refractivity contribution < 1.29 is 48.9 Å². The molecule has 6 rings (SSSR count). The number of phenolic OH excluding ortho intramolecular Hbond substituents is 1. The molecule has 0 unspecified atom stereocenters. The summed E-state index contributed by atoms with van der Waals surface area (Å²) in [5.41, 5.74) is 17.1. The molecule has 0 bridgehead atoms. The molecular weight excluding hydrogens is 849 g/mol. The highest BCUT2D eigenvalue weighted by molar-refractivity contribution is 7.86. The van der Waals surface area contributed by atoms with E-state index in [9.17, 15) is 54.1 Å². The Morgan fingerprint density at radius 3 is 1.48 bits per heavy atom. The van der Waals surface area contributed by atoms with Gasteiger partial charge in [-0.3, -0.25) is 23.8 Å². The fourth-order valence-electron chi connectivity index (χ4n) is 5.62. The molecule has 60 heavy (non-hydrogen) atoms. The Morgan fingerprint density at radius 2 is 1.00 bits per heavy atom. The van der Waals surface area contributed by atoms with Crippen LogP contribution in [0.5, 0.6) is 5.75 Å². The second-order valence-corrected chi connectivity index (χ2v) is 16.7. The van der Waals surface area contributed by atoms with Gasteiger partial charge < -0.3 is 22.3 Å². The van der Waals surface area contributed by atoms with Crippen LogP contribution in [0.1, 0.15) is 5.56 Å². The van der Waals surface area contributed by atoms with E-state index in [-0.39, 0.29) is 39.8 Å². The van der Waals surface area contributed by atoms with Crippen LogP contribution in [0.2, 0.25) is 0 Å². The number of nitro benzene ring substituents is 1. The van der Waals surface area contributed by atoms with Crippen molar-refractivity contribution in [2.24, 2.45) is 30.7 Å². The summed E-state index contributed by atoms with van der Waals surface area (Å²) in [7, 11) is -15.1. The van der Waals surface area contributed by atoms with E-state index >= 15 is 0 Å². The molecular formula is C35H28N10O12S3.